The first-order valence-corrected chi connectivity index (χ1v) is 11.7. The SMILES string of the molecule is COc1ccc(Nc2ccc(Nc3c(F)cc(N4CC(CNC(C)=S)OC4=O)cc3F)ccc2=O)cc1. The van der Waals surface area contributed by atoms with Crippen LogP contribution in [0.4, 0.5) is 42.0 Å². The van der Waals surface area contributed by atoms with Gasteiger partial charge in [0.2, 0.25) is 5.43 Å². The van der Waals surface area contributed by atoms with Crippen LogP contribution in [-0.4, -0.2) is 37.4 Å². The number of carbonyl (C=O) groups excluding carboxylic acids is 1. The lowest BCUT2D eigenvalue weighted by atomic mass is 10.2. The van der Waals surface area contributed by atoms with E-state index in [4.69, 9.17) is 21.7 Å². The third kappa shape index (κ3) is 6.31. The van der Waals surface area contributed by atoms with Gasteiger partial charge in [0, 0.05) is 23.5 Å². The second-order valence-corrected chi connectivity index (χ2v) is 8.83. The van der Waals surface area contributed by atoms with E-state index in [9.17, 15) is 18.4 Å². The molecular formula is C26H24F2N4O4S. The van der Waals surface area contributed by atoms with Gasteiger partial charge in [0.15, 0.2) is 11.6 Å². The number of ether oxygens (including phenoxy) is 2. The Balaban J connectivity index is 1.50. The monoisotopic (exact) mass is 526 g/mol. The van der Waals surface area contributed by atoms with Gasteiger partial charge in [-0.3, -0.25) is 9.69 Å². The average molecular weight is 527 g/mol. The molecule has 0 aliphatic carbocycles. The van der Waals surface area contributed by atoms with Gasteiger partial charge in [-0.05, 0) is 55.5 Å². The second-order valence-electron chi connectivity index (χ2n) is 8.22. The minimum absolute atomic E-state index is 0.0264. The summed E-state index contributed by atoms with van der Waals surface area (Å²) < 4.78 is 40.2. The van der Waals surface area contributed by atoms with Crippen molar-refractivity contribution in [1.82, 2.24) is 5.32 Å². The third-order valence-corrected chi connectivity index (χ3v) is 5.68. The van der Waals surface area contributed by atoms with Crippen LogP contribution in [0.3, 0.4) is 0 Å². The molecule has 3 aromatic carbocycles. The normalized spacial score (nSPS) is 14.6. The number of amides is 1. The van der Waals surface area contributed by atoms with Gasteiger partial charge >= 0.3 is 6.09 Å². The standard InChI is InChI=1S/C26H24F2N4O4S/c1-15(37)29-13-20-14-32(26(34)36-20)18-11-21(27)25(22(28)12-18)31-17-5-9-23(24(33)10-6-17)30-16-3-7-19(35-2)8-4-16/h3-12,20,31H,13-14H2,1-2H3,(H,29,37)(H,30,33). The van der Waals surface area contributed by atoms with E-state index in [-0.39, 0.29) is 29.0 Å². The largest absolute Gasteiger partial charge is 0.497 e. The average Bonchev–Trinajstić information content (AvgIpc) is 3.16. The maximum Gasteiger partial charge on any atom is 0.414 e. The Morgan fingerprint density at radius 2 is 1.65 bits per heavy atom. The van der Waals surface area contributed by atoms with Crippen LogP contribution in [0.5, 0.6) is 5.75 Å². The molecule has 1 aliphatic heterocycles. The number of methoxy groups -OCH3 is 1. The van der Waals surface area contributed by atoms with Gasteiger partial charge in [0.25, 0.3) is 0 Å². The van der Waals surface area contributed by atoms with Crippen molar-refractivity contribution < 1.29 is 23.0 Å². The van der Waals surface area contributed by atoms with Crippen molar-refractivity contribution in [3.63, 3.8) is 0 Å². The van der Waals surface area contributed by atoms with Gasteiger partial charge in [-0.25, -0.2) is 13.6 Å². The molecule has 0 bridgehead atoms. The number of cyclic esters (lactones) is 1. The fourth-order valence-corrected chi connectivity index (χ4v) is 3.74. The molecule has 0 spiro atoms. The fourth-order valence-electron chi connectivity index (χ4n) is 3.66. The van der Waals surface area contributed by atoms with Crippen molar-refractivity contribution in [1.29, 1.82) is 0 Å². The van der Waals surface area contributed by atoms with E-state index < -0.39 is 29.5 Å². The van der Waals surface area contributed by atoms with Crippen molar-refractivity contribution in [2.24, 2.45) is 0 Å². The summed E-state index contributed by atoms with van der Waals surface area (Å²) in [7, 11) is 1.56. The number of rotatable bonds is 8. The van der Waals surface area contributed by atoms with Crippen LogP contribution in [-0.2, 0) is 4.74 Å². The molecule has 3 aromatic rings. The quantitative estimate of drug-likeness (QED) is 0.350. The molecule has 3 N–H and O–H groups in total. The van der Waals surface area contributed by atoms with E-state index >= 15 is 0 Å². The first-order valence-electron chi connectivity index (χ1n) is 11.3. The molecule has 8 nitrogen and oxygen atoms in total. The summed E-state index contributed by atoms with van der Waals surface area (Å²) in [6, 6.07) is 14.8. The van der Waals surface area contributed by atoms with E-state index in [1.807, 2.05) is 0 Å². The highest BCUT2D eigenvalue weighted by atomic mass is 32.1. The van der Waals surface area contributed by atoms with Crippen LogP contribution in [0.25, 0.3) is 0 Å². The minimum Gasteiger partial charge on any atom is -0.497 e. The van der Waals surface area contributed by atoms with Gasteiger partial charge in [-0.15, -0.1) is 0 Å². The van der Waals surface area contributed by atoms with Gasteiger partial charge < -0.3 is 25.4 Å². The molecule has 1 heterocycles. The zero-order valence-electron chi connectivity index (χ0n) is 20.0. The lowest BCUT2D eigenvalue weighted by molar-refractivity contribution is 0.143. The Hall–Kier alpha value is -4.25. The second kappa shape index (κ2) is 11.2. The molecule has 37 heavy (non-hydrogen) atoms. The summed E-state index contributed by atoms with van der Waals surface area (Å²) in [6.45, 7) is 2.11. The van der Waals surface area contributed by atoms with Crippen molar-refractivity contribution in [2.45, 2.75) is 13.0 Å². The van der Waals surface area contributed by atoms with Crippen LogP contribution < -0.4 is 31.0 Å². The van der Waals surface area contributed by atoms with Crippen molar-refractivity contribution >= 4 is 51.7 Å². The van der Waals surface area contributed by atoms with E-state index in [0.29, 0.717) is 23.0 Å². The Morgan fingerprint density at radius 1 is 1.03 bits per heavy atom. The first-order chi connectivity index (χ1) is 17.7. The number of carbonyl (C=O) groups is 1. The predicted octanol–water partition coefficient (Wildman–Crippen LogP) is 5.08. The molecule has 1 fully saturated rings. The maximum absolute atomic E-state index is 14.9. The lowest BCUT2D eigenvalue weighted by Gasteiger charge is -2.16. The highest BCUT2D eigenvalue weighted by molar-refractivity contribution is 7.80. The highest BCUT2D eigenvalue weighted by Gasteiger charge is 2.33. The summed E-state index contributed by atoms with van der Waals surface area (Å²) in [5.74, 6) is -1.15. The Morgan fingerprint density at radius 3 is 2.30 bits per heavy atom. The highest BCUT2D eigenvalue weighted by Crippen LogP contribution is 2.30. The van der Waals surface area contributed by atoms with Gasteiger partial charge in [0.05, 0.1) is 36.6 Å². The minimum atomic E-state index is -0.912. The van der Waals surface area contributed by atoms with E-state index in [0.717, 1.165) is 17.0 Å². The van der Waals surface area contributed by atoms with Gasteiger partial charge in [-0.2, -0.15) is 0 Å². The molecule has 192 valence electrons. The van der Waals surface area contributed by atoms with Crippen LogP contribution in [0, 0.1) is 11.6 Å². The molecule has 0 saturated carbocycles. The molecule has 1 unspecified atom stereocenters. The molecule has 1 saturated heterocycles. The predicted molar refractivity (Wildman–Crippen MR) is 143 cm³/mol. The van der Waals surface area contributed by atoms with Crippen molar-refractivity contribution in [2.75, 3.05) is 35.7 Å². The van der Waals surface area contributed by atoms with Crippen LogP contribution in [0.2, 0.25) is 0 Å². The number of thiocarbonyl (C=S) groups is 1. The number of anilines is 5. The van der Waals surface area contributed by atoms with Crippen LogP contribution in [0.15, 0.2) is 65.5 Å². The van der Waals surface area contributed by atoms with Crippen molar-refractivity contribution in [3.8, 4) is 5.75 Å². The number of hydrogen-bond acceptors (Lipinski definition) is 7. The summed E-state index contributed by atoms with van der Waals surface area (Å²) in [6.07, 6.45) is -1.22. The number of nitrogens with one attached hydrogen (secondary N) is 3. The topological polar surface area (TPSA) is 91.9 Å². The Kier molecular flexibility index (Phi) is 7.83. The Bertz CT molecular complexity index is 1360. The van der Waals surface area contributed by atoms with Crippen molar-refractivity contribution in [3.05, 3.63) is 82.5 Å². The molecular weight excluding hydrogens is 502 g/mol. The van der Waals surface area contributed by atoms with Crippen LogP contribution >= 0.6 is 12.2 Å². The molecule has 0 aromatic heterocycles. The zero-order chi connectivity index (χ0) is 26.5. The fraction of sp³-hybridized carbons (Fsp3) is 0.192. The number of benzene rings is 2. The lowest BCUT2D eigenvalue weighted by Crippen LogP contribution is -2.32. The molecule has 0 radical (unpaired) electrons. The molecule has 11 heteroatoms. The van der Waals surface area contributed by atoms with E-state index in [2.05, 4.69) is 16.0 Å². The summed E-state index contributed by atoms with van der Waals surface area (Å²) >= 11 is 4.95. The van der Waals surface area contributed by atoms with Gasteiger partial charge in [-0.1, -0.05) is 12.2 Å². The molecule has 1 aliphatic rings. The summed E-state index contributed by atoms with van der Waals surface area (Å²) in [5, 5.41) is 8.59. The molecule has 1 atom stereocenters. The van der Waals surface area contributed by atoms with Gasteiger partial charge in [0.1, 0.15) is 17.5 Å². The maximum atomic E-state index is 14.9. The first kappa shape index (κ1) is 25.8. The zero-order valence-corrected chi connectivity index (χ0v) is 20.8. The van der Waals surface area contributed by atoms with Crippen LogP contribution in [0.1, 0.15) is 6.92 Å². The molecule has 4 rings (SSSR count). The third-order valence-electron chi connectivity index (χ3n) is 5.54. The van der Waals surface area contributed by atoms with E-state index in [1.54, 1.807) is 38.3 Å². The number of nitrogens with zero attached hydrogens (tertiary/aromatic N) is 1. The summed E-state index contributed by atoms with van der Waals surface area (Å²) in [4.78, 5) is 26.4. The van der Waals surface area contributed by atoms with E-state index in [1.165, 1.54) is 24.3 Å². The molecule has 1 amide bonds. The summed E-state index contributed by atoms with van der Waals surface area (Å²) in [5.41, 5.74) is 0.512. The number of hydrogen-bond donors (Lipinski definition) is 3. The Labute approximate surface area is 217 Å². The smallest absolute Gasteiger partial charge is 0.414 e. The number of halogens is 2.